The summed E-state index contributed by atoms with van der Waals surface area (Å²) in [6, 6.07) is 18.0. The van der Waals surface area contributed by atoms with Gasteiger partial charge in [0.15, 0.2) is 0 Å². The molecule has 0 saturated carbocycles. The molecule has 0 heterocycles. The van der Waals surface area contributed by atoms with Crippen molar-refractivity contribution < 1.29 is 18.7 Å². The van der Waals surface area contributed by atoms with E-state index in [1.165, 1.54) is 18.3 Å². The van der Waals surface area contributed by atoms with Crippen molar-refractivity contribution >= 4 is 35.3 Å². The van der Waals surface area contributed by atoms with Crippen LogP contribution in [0.25, 0.3) is 0 Å². The minimum Gasteiger partial charge on any atom is -0.489 e. The van der Waals surface area contributed by atoms with E-state index in [4.69, 9.17) is 16.3 Å². The van der Waals surface area contributed by atoms with Gasteiger partial charge in [0.1, 0.15) is 18.2 Å². The Morgan fingerprint density at radius 3 is 2.42 bits per heavy atom. The molecule has 0 aromatic heterocycles. The number of carbonyl (C=O) groups is 2. The molecule has 0 aliphatic rings. The van der Waals surface area contributed by atoms with Crippen LogP contribution in [0.3, 0.4) is 0 Å². The second-order valence-corrected chi connectivity index (χ2v) is 7.01. The zero-order valence-corrected chi connectivity index (χ0v) is 17.3. The average Bonchev–Trinajstić information content (AvgIpc) is 2.76. The van der Waals surface area contributed by atoms with Crippen LogP contribution >= 0.6 is 11.6 Å². The van der Waals surface area contributed by atoms with E-state index in [0.717, 1.165) is 11.1 Å². The number of benzene rings is 3. The van der Waals surface area contributed by atoms with Crippen LogP contribution in [0.5, 0.6) is 5.75 Å². The van der Waals surface area contributed by atoms with Crippen LogP contribution in [0, 0.1) is 12.7 Å². The number of hydrogen-bond acceptors (Lipinski definition) is 4. The Kier molecular flexibility index (Phi) is 7.35. The monoisotopic (exact) mass is 439 g/mol. The van der Waals surface area contributed by atoms with Crippen molar-refractivity contribution in [2.24, 2.45) is 5.10 Å². The van der Waals surface area contributed by atoms with Gasteiger partial charge < -0.3 is 10.1 Å². The zero-order chi connectivity index (χ0) is 22.2. The van der Waals surface area contributed by atoms with Gasteiger partial charge in [-0.15, -0.1) is 0 Å². The maximum Gasteiger partial charge on any atom is 0.329 e. The summed E-state index contributed by atoms with van der Waals surface area (Å²) in [6.07, 6.45) is 1.40. The molecule has 3 aromatic rings. The fourth-order valence-corrected chi connectivity index (χ4v) is 2.65. The number of rotatable bonds is 6. The number of amides is 2. The van der Waals surface area contributed by atoms with Gasteiger partial charge in [-0.3, -0.25) is 9.59 Å². The Bertz CT molecular complexity index is 1100. The minimum atomic E-state index is -0.910. The third-order valence-corrected chi connectivity index (χ3v) is 4.62. The molecule has 0 fully saturated rings. The molecule has 0 aliphatic carbocycles. The number of ether oxygens (including phenoxy) is 1. The summed E-state index contributed by atoms with van der Waals surface area (Å²) in [5, 5.41) is 6.72. The quantitative estimate of drug-likeness (QED) is 0.338. The molecule has 2 amide bonds. The average molecular weight is 440 g/mol. The van der Waals surface area contributed by atoms with E-state index >= 15 is 0 Å². The summed E-state index contributed by atoms with van der Waals surface area (Å²) in [5.74, 6) is -1.44. The summed E-state index contributed by atoms with van der Waals surface area (Å²) in [5.41, 5.74) is 4.98. The van der Waals surface area contributed by atoms with Gasteiger partial charge in [0.25, 0.3) is 0 Å². The van der Waals surface area contributed by atoms with E-state index in [1.807, 2.05) is 6.92 Å². The molecule has 8 heteroatoms. The topological polar surface area (TPSA) is 79.8 Å². The van der Waals surface area contributed by atoms with Crippen molar-refractivity contribution in [2.45, 2.75) is 13.5 Å². The second-order valence-electron chi connectivity index (χ2n) is 6.60. The number of carbonyl (C=O) groups excluding carboxylic acids is 2. The van der Waals surface area contributed by atoms with Gasteiger partial charge in [-0.2, -0.15) is 5.10 Å². The molecule has 31 heavy (non-hydrogen) atoms. The number of hydrazone groups is 1. The molecule has 0 radical (unpaired) electrons. The summed E-state index contributed by atoms with van der Waals surface area (Å²) >= 11 is 6.00. The normalized spacial score (nSPS) is 10.7. The second kappa shape index (κ2) is 10.4. The number of hydrogen-bond donors (Lipinski definition) is 2. The van der Waals surface area contributed by atoms with Crippen molar-refractivity contribution in [3.05, 3.63) is 94.3 Å². The van der Waals surface area contributed by atoms with E-state index in [0.29, 0.717) is 28.6 Å². The fraction of sp³-hybridized carbons (Fsp3) is 0.0870. The molecule has 2 N–H and O–H groups in total. The third kappa shape index (κ3) is 6.65. The first-order valence-electron chi connectivity index (χ1n) is 9.28. The van der Waals surface area contributed by atoms with E-state index in [2.05, 4.69) is 15.8 Å². The van der Waals surface area contributed by atoms with Crippen molar-refractivity contribution in [2.75, 3.05) is 5.32 Å². The van der Waals surface area contributed by atoms with Crippen LogP contribution in [-0.2, 0) is 16.2 Å². The van der Waals surface area contributed by atoms with Crippen LogP contribution in [0.2, 0.25) is 5.02 Å². The van der Waals surface area contributed by atoms with Gasteiger partial charge in [0.2, 0.25) is 0 Å². The lowest BCUT2D eigenvalue weighted by atomic mass is 10.2. The lowest BCUT2D eigenvalue weighted by Crippen LogP contribution is -2.32. The molecule has 0 unspecified atom stereocenters. The summed E-state index contributed by atoms with van der Waals surface area (Å²) in [6.45, 7) is 2.14. The number of aryl methyl sites for hydroxylation is 1. The standard InChI is InChI=1S/C23H19ClFN3O3/c1-15-2-9-19(12-21(15)24)27-22(29)23(30)28-26-13-16-5-10-20(11-6-16)31-14-17-3-7-18(25)8-4-17/h2-13H,14H2,1H3,(H,27,29)(H,28,30)/b26-13+. The van der Waals surface area contributed by atoms with E-state index in [9.17, 15) is 14.0 Å². The molecule has 158 valence electrons. The summed E-state index contributed by atoms with van der Waals surface area (Å²) < 4.78 is 18.5. The molecule has 3 aromatic carbocycles. The minimum absolute atomic E-state index is 0.295. The Morgan fingerprint density at radius 1 is 1.03 bits per heavy atom. The Labute approximate surface area is 183 Å². The van der Waals surface area contributed by atoms with E-state index in [-0.39, 0.29) is 5.82 Å². The van der Waals surface area contributed by atoms with Crippen molar-refractivity contribution in [3.8, 4) is 5.75 Å². The first-order valence-corrected chi connectivity index (χ1v) is 9.66. The van der Waals surface area contributed by atoms with Crippen LogP contribution in [0.1, 0.15) is 16.7 Å². The van der Waals surface area contributed by atoms with Crippen LogP contribution in [-0.4, -0.2) is 18.0 Å². The van der Waals surface area contributed by atoms with E-state index in [1.54, 1.807) is 54.6 Å². The van der Waals surface area contributed by atoms with E-state index < -0.39 is 11.8 Å². The fourth-order valence-electron chi connectivity index (χ4n) is 2.47. The summed E-state index contributed by atoms with van der Waals surface area (Å²) in [4.78, 5) is 23.8. The number of nitrogens with zero attached hydrogens (tertiary/aromatic N) is 1. The zero-order valence-electron chi connectivity index (χ0n) is 16.6. The highest BCUT2D eigenvalue weighted by atomic mass is 35.5. The van der Waals surface area contributed by atoms with Crippen LogP contribution in [0.15, 0.2) is 71.8 Å². The largest absolute Gasteiger partial charge is 0.489 e. The summed E-state index contributed by atoms with van der Waals surface area (Å²) in [7, 11) is 0. The SMILES string of the molecule is Cc1ccc(NC(=O)C(=O)N/N=C/c2ccc(OCc3ccc(F)cc3)cc2)cc1Cl. The first kappa shape index (κ1) is 22.0. The Morgan fingerprint density at radius 2 is 1.74 bits per heavy atom. The van der Waals surface area contributed by atoms with Crippen molar-refractivity contribution in [1.82, 2.24) is 5.43 Å². The van der Waals surface area contributed by atoms with Gasteiger partial charge in [-0.05, 0) is 72.1 Å². The van der Waals surface area contributed by atoms with Crippen molar-refractivity contribution in [1.29, 1.82) is 0 Å². The Balaban J connectivity index is 1.47. The molecule has 0 spiro atoms. The molecule has 0 saturated heterocycles. The predicted octanol–water partition coefficient (Wildman–Crippen LogP) is 4.46. The molecule has 0 atom stereocenters. The van der Waals surface area contributed by atoms with Gasteiger partial charge in [-0.1, -0.05) is 29.8 Å². The lowest BCUT2D eigenvalue weighted by molar-refractivity contribution is -0.136. The molecule has 0 aliphatic heterocycles. The molecule has 3 rings (SSSR count). The van der Waals surface area contributed by atoms with Gasteiger partial charge in [-0.25, -0.2) is 9.82 Å². The lowest BCUT2D eigenvalue weighted by Gasteiger charge is -2.06. The van der Waals surface area contributed by atoms with Crippen LogP contribution in [0.4, 0.5) is 10.1 Å². The number of nitrogens with one attached hydrogen (secondary N) is 2. The number of anilines is 1. The maximum atomic E-state index is 12.9. The van der Waals surface area contributed by atoms with Gasteiger partial charge >= 0.3 is 11.8 Å². The molecular weight excluding hydrogens is 421 g/mol. The van der Waals surface area contributed by atoms with Gasteiger partial charge in [0.05, 0.1) is 6.21 Å². The van der Waals surface area contributed by atoms with Crippen molar-refractivity contribution in [3.63, 3.8) is 0 Å². The smallest absolute Gasteiger partial charge is 0.329 e. The maximum absolute atomic E-state index is 12.9. The van der Waals surface area contributed by atoms with Crippen LogP contribution < -0.4 is 15.5 Å². The molecule has 6 nitrogen and oxygen atoms in total. The Hall–Kier alpha value is -3.71. The molecular formula is C23H19ClFN3O3. The highest BCUT2D eigenvalue weighted by molar-refractivity contribution is 6.39. The first-order chi connectivity index (χ1) is 14.9. The highest BCUT2D eigenvalue weighted by Gasteiger charge is 2.13. The third-order valence-electron chi connectivity index (χ3n) is 4.21. The van der Waals surface area contributed by atoms with Gasteiger partial charge in [0, 0.05) is 10.7 Å². The predicted molar refractivity (Wildman–Crippen MR) is 118 cm³/mol. The molecule has 0 bridgehead atoms. The highest BCUT2D eigenvalue weighted by Crippen LogP contribution is 2.19. The number of halogens is 2.